The van der Waals surface area contributed by atoms with E-state index >= 15 is 0 Å². The van der Waals surface area contributed by atoms with Gasteiger partial charge in [-0.1, -0.05) is 20.8 Å². The molecule has 1 aliphatic heterocycles. The molecule has 0 saturated carbocycles. The maximum Gasteiger partial charge on any atom is 0.236 e. The fourth-order valence-corrected chi connectivity index (χ4v) is 2.83. The summed E-state index contributed by atoms with van der Waals surface area (Å²) < 4.78 is 0. The number of hydrogen-bond donors (Lipinski definition) is 2. The number of likely N-dealkylation sites (tertiary alicyclic amines) is 1. The van der Waals surface area contributed by atoms with Gasteiger partial charge in [0.25, 0.3) is 0 Å². The standard InChI is InChI=1S/C16H33N3O/c1-6-19-9-7-15(8-10-19)13(4)18-14(5)16(20)17-11-12(2)3/h12-15,18H,6-11H2,1-5H3,(H,17,20). The zero-order valence-corrected chi connectivity index (χ0v) is 13.9. The zero-order chi connectivity index (χ0) is 15.1. The molecule has 2 unspecified atom stereocenters. The van der Waals surface area contributed by atoms with Crippen LogP contribution in [-0.2, 0) is 4.79 Å². The molecular formula is C16H33N3O. The summed E-state index contributed by atoms with van der Waals surface area (Å²) in [5, 5.41) is 6.47. The Morgan fingerprint density at radius 2 is 1.80 bits per heavy atom. The second-order valence-electron chi connectivity index (χ2n) is 6.59. The highest BCUT2D eigenvalue weighted by molar-refractivity contribution is 5.81. The van der Waals surface area contributed by atoms with Gasteiger partial charge in [-0.15, -0.1) is 0 Å². The molecule has 20 heavy (non-hydrogen) atoms. The van der Waals surface area contributed by atoms with Crippen LogP contribution in [0.3, 0.4) is 0 Å². The molecule has 1 amide bonds. The Kier molecular flexibility index (Phi) is 7.52. The summed E-state index contributed by atoms with van der Waals surface area (Å²) in [6.45, 7) is 14.9. The number of nitrogens with one attached hydrogen (secondary N) is 2. The number of hydrogen-bond acceptors (Lipinski definition) is 3. The maximum absolute atomic E-state index is 12.0. The topological polar surface area (TPSA) is 44.4 Å². The molecule has 0 aliphatic carbocycles. The van der Waals surface area contributed by atoms with Crippen LogP contribution in [0.25, 0.3) is 0 Å². The van der Waals surface area contributed by atoms with E-state index in [2.05, 4.69) is 43.2 Å². The first kappa shape index (κ1) is 17.4. The molecule has 1 aliphatic rings. The molecule has 2 N–H and O–H groups in total. The average molecular weight is 283 g/mol. The van der Waals surface area contributed by atoms with Gasteiger partial charge in [0.2, 0.25) is 5.91 Å². The van der Waals surface area contributed by atoms with E-state index in [1.807, 2.05) is 6.92 Å². The van der Waals surface area contributed by atoms with E-state index in [0.29, 0.717) is 17.9 Å². The Hall–Kier alpha value is -0.610. The highest BCUT2D eigenvalue weighted by atomic mass is 16.2. The van der Waals surface area contributed by atoms with Crippen LogP contribution in [0.15, 0.2) is 0 Å². The van der Waals surface area contributed by atoms with Crippen molar-refractivity contribution in [2.75, 3.05) is 26.2 Å². The van der Waals surface area contributed by atoms with Crippen LogP contribution >= 0.6 is 0 Å². The van der Waals surface area contributed by atoms with Gasteiger partial charge in [-0.2, -0.15) is 0 Å². The van der Waals surface area contributed by atoms with E-state index in [0.717, 1.165) is 13.1 Å². The number of carbonyl (C=O) groups excluding carboxylic acids is 1. The summed E-state index contributed by atoms with van der Waals surface area (Å²) in [4.78, 5) is 14.5. The minimum atomic E-state index is -0.104. The smallest absolute Gasteiger partial charge is 0.236 e. The summed E-state index contributed by atoms with van der Waals surface area (Å²) in [7, 11) is 0. The molecule has 4 heteroatoms. The summed E-state index contributed by atoms with van der Waals surface area (Å²) in [6.07, 6.45) is 2.48. The zero-order valence-electron chi connectivity index (χ0n) is 13.9. The molecular weight excluding hydrogens is 250 g/mol. The maximum atomic E-state index is 12.0. The quantitative estimate of drug-likeness (QED) is 0.749. The number of piperidine rings is 1. The lowest BCUT2D eigenvalue weighted by Crippen LogP contribution is -2.50. The molecule has 0 spiro atoms. The van der Waals surface area contributed by atoms with Crippen LogP contribution in [0.4, 0.5) is 0 Å². The third-order valence-electron chi connectivity index (χ3n) is 4.38. The fraction of sp³-hybridized carbons (Fsp3) is 0.938. The molecule has 0 radical (unpaired) electrons. The summed E-state index contributed by atoms with van der Waals surface area (Å²) in [6, 6.07) is 0.307. The highest BCUT2D eigenvalue weighted by Crippen LogP contribution is 2.20. The van der Waals surface area contributed by atoms with E-state index in [4.69, 9.17) is 0 Å². The lowest BCUT2D eigenvalue weighted by Gasteiger charge is -2.35. The monoisotopic (exact) mass is 283 g/mol. The first-order valence-electron chi connectivity index (χ1n) is 8.20. The number of amides is 1. The van der Waals surface area contributed by atoms with Gasteiger partial charge >= 0.3 is 0 Å². The van der Waals surface area contributed by atoms with Gasteiger partial charge in [-0.25, -0.2) is 0 Å². The van der Waals surface area contributed by atoms with Crippen molar-refractivity contribution in [1.82, 2.24) is 15.5 Å². The molecule has 1 heterocycles. The molecule has 118 valence electrons. The minimum Gasteiger partial charge on any atom is -0.354 e. The lowest BCUT2D eigenvalue weighted by atomic mass is 9.90. The van der Waals surface area contributed by atoms with E-state index < -0.39 is 0 Å². The van der Waals surface area contributed by atoms with Gasteiger partial charge in [-0.05, 0) is 58.2 Å². The molecule has 0 aromatic carbocycles. The van der Waals surface area contributed by atoms with Crippen LogP contribution in [0.2, 0.25) is 0 Å². The van der Waals surface area contributed by atoms with Crippen LogP contribution in [0.5, 0.6) is 0 Å². The Morgan fingerprint density at radius 1 is 1.20 bits per heavy atom. The van der Waals surface area contributed by atoms with Crippen LogP contribution < -0.4 is 10.6 Å². The van der Waals surface area contributed by atoms with Crippen molar-refractivity contribution >= 4 is 5.91 Å². The van der Waals surface area contributed by atoms with Gasteiger partial charge in [0.15, 0.2) is 0 Å². The van der Waals surface area contributed by atoms with Gasteiger partial charge in [0.05, 0.1) is 6.04 Å². The molecule has 1 rings (SSSR count). The van der Waals surface area contributed by atoms with Gasteiger partial charge in [-0.3, -0.25) is 4.79 Å². The van der Waals surface area contributed by atoms with E-state index in [1.54, 1.807) is 0 Å². The summed E-state index contributed by atoms with van der Waals surface area (Å²) >= 11 is 0. The minimum absolute atomic E-state index is 0.104. The van der Waals surface area contributed by atoms with Crippen molar-refractivity contribution < 1.29 is 4.79 Å². The molecule has 0 bridgehead atoms. The van der Waals surface area contributed by atoms with Crippen molar-refractivity contribution in [3.63, 3.8) is 0 Å². The SMILES string of the molecule is CCN1CCC(C(C)NC(C)C(=O)NCC(C)C)CC1. The normalized spacial score (nSPS) is 20.9. The second-order valence-corrected chi connectivity index (χ2v) is 6.59. The predicted octanol–water partition coefficient (Wildman–Crippen LogP) is 1.86. The second kappa shape index (κ2) is 8.63. The molecule has 4 nitrogen and oxygen atoms in total. The lowest BCUT2D eigenvalue weighted by molar-refractivity contribution is -0.123. The van der Waals surface area contributed by atoms with Crippen LogP contribution in [0, 0.1) is 11.8 Å². The van der Waals surface area contributed by atoms with E-state index in [-0.39, 0.29) is 11.9 Å². The Labute approximate surface area is 124 Å². The Balaban J connectivity index is 2.30. The third kappa shape index (κ3) is 5.80. The van der Waals surface area contributed by atoms with Gasteiger partial charge < -0.3 is 15.5 Å². The van der Waals surface area contributed by atoms with E-state index in [1.165, 1.54) is 25.9 Å². The largest absolute Gasteiger partial charge is 0.354 e. The third-order valence-corrected chi connectivity index (χ3v) is 4.38. The van der Waals surface area contributed by atoms with Gasteiger partial charge in [0.1, 0.15) is 0 Å². The van der Waals surface area contributed by atoms with Crippen molar-refractivity contribution in [3.05, 3.63) is 0 Å². The summed E-state index contributed by atoms with van der Waals surface area (Å²) in [5.74, 6) is 1.32. The predicted molar refractivity (Wildman–Crippen MR) is 84.7 cm³/mol. The first-order chi connectivity index (χ1) is 9.43. The van der Waals surface area contributed by atoms with Gasteiger partial charge in [0, 0.05) is 12.6 Å². The van der Waals surface area contributed by atoms with Crippen molar-refractivity contribution in [2.45, 2.75) is 59.5 Å². The first-order valence-corrected chi connectivity index (χ1v) is 8.20. The van der Waals surface area contributed by atoms with Crippen LogP contribution in [0.1, 0.15) is 47.5 Å². The number of nitrogens with zero attached hydrogens (tertiary/aromatic N) is 1. The van der Waals surface area contributed by atoms with Crippen molar-refractivity contribution in [2.24, 2.45) is 11.8 Å². The van der Waals surface area contributed by atoms with Crippen molar-refractivity contribution in [1.29, 1.82) is 0 Å². The highest BCUT2D eigenvalue weighted by Gasteiger charge is 2.25. The fourth-order valence-electron chi connectivity index (χ4n) is 2.83. The molecule has 2 atom stereocenters. The average Bonchev–Trinajstić information content (AvgIpc) is 2.44. The molecule has 1 saturated heterocycles. The Morgan fingerprint density at radius 3 is 2.30 bits per heavy atom. The van der Waals surface area contributed by atoms with E-state index in [9.17, 15) is 4.79 Å². The Bertz CT molecular complexity index is 285. The molecule has 1 fully saturated rings. The molecule has 0 aromatic rings. The van der Waals surface area contributed by atoms with Crippen LogP contribution in [-0.4, -0.2) is 49.1 Å². The summed E-state index contributed by atoms with van der Waals surface area (Å²) in [5.41, 5.74) is 0. The number of rotatable bonds is 7. The number of carbonyl (C=O) groups is 1. The van der Waals surface area contributed by atoms with Crippen molar-refractivity contribution in [3.8, 4) is 0 Å². The molecule has 0 aromatic heterocycles.